The van der Waals surface area contributed by atoms with Crippen LogP contribution in [0.15, 0.2) is 24.3 Å². The zero-order valence-corrected chi connectivity index (χ0v) is 24.5. The van der Waals surface area contributed by atoms with E-state index in [4.69, 9.17) is 4.74 Å². The van der Waals surface area contributed by atoms with Crippen LogP contribution in [0.4, 0.5) is 10.5 Å². The van der Waals surface area contributed by atoms with Crippen molar-refractivity contribution in [1.29, 1.82) is 0 Å². The lowest BCUT2D eigenvalue weighted by Crippen LogP contribution is -2.53. The smallest absolute Gasteiger partial charge is 0.411 e. The normalized spacial score (nSPS) is 16.6. The van der Waals surface area contributed by atoms with Gasteiger partial charge in [0.05, 0.1) is 6.61 Å². The van der Waals surface area contributed by atoms with Gasteiger partial charge in [-0.15, -0.1) is 0 Å². The molecule has 2 aliphatic rings. The van der Waals surface area contributed by atoms with E-state index in [2.05, 4.69) is 29.0 Å². The minimum atomic E-state index is -0.522. The number of ether oxygens (including phenoxy) is 1. The van der Waals surface area contributed by atoms with Crippen LogP contribution in [0.25, 0.3) is 0 Å². The number of anilines is 1. The molecule has 3 amide bonds. The molecule has 0 radical (unpaired) electrons. The summed E-state index contributed by atoms with van der Waals surface area (Å²) >= 11 is 0. The largest absolute Gasteiger partial charge is 0.450 e. The van der Waals surface area contributed by atoms with E-state index in [1.54, 1.807) is 36.1 Å². The fraction of sp³-hybridized carbons (Fsp3) is 0.710. The molecule has 0 saturated heterocycles. The topological polar surface area (TPSA) is 82.2 Å². The number of nitrogens with zero attached hydrogens (tertiary/aromatic N) is 3. The Labute approximate surface area is 235 Å². The molecule has 0 bridgehead atoms. The zero-order valence-electron chi connectivity index (χ0n) is 24.5. The van der Waals surface area contributed by atoms with Crippen molar-refractivity contribution in [3.8, 4) is 0 Å². The second-order valence-electron chi connectivity index (χ2n) is 10.9. The summed E-state index contributed by atoms with van der Waals surface area (Å²) in [5, 5.41) is 2.67. The highest BCUT2D eigenvalue weighted by molar-refractivity contribution is 5.97. The van der Waals surface area contributed by atoms with Crippen molar-refractivity contribution in [3.05, 3.63) is 29.8 Å². The summed E-state index contributed by atoms with van der Waals surface area (Å²) in [6.45, 7) is 9.81. The van der Waals surface area contributed by atoms with Crippen molar-refractivity contribution in [2.75, 3.05) is 44.6 Å². The van der Waals surface area contributed by atoms with Gasteiger partial charge in [-0.2, -0.15) is 0 Å². The molecule has 39 heavy (non-hydrogen) atoms. The number of nitrogens with one attached hydrogen (secondary N) is 1. The molecular formula is C31H50N4O4. The molecule has 1 N–H and O–H groups in total. The number of amides is 3. The van der Waals surface area contributed by atoms with E-state index in [-0.39, 0.29) is 25.0 Å². The summed E-state index contributed by atoms with van der Waals surface area (Å²) in [4.78, 5) is 45.8. The van der Waals surface area contributed by atoms with Gasteiger partial charge in [0.15, 0.2) is 0 Å². The Balaban J connectivity index is 1.76. The number of carbonyl (C=O) groups is 3. The summed E-state index contributed by atoms with van der Waals surface area (Å²) in [7, 11) is 0. The lowest BCUT2D eigenvalue weighted by molar-refractivity contribution is -0.138. The highest BCUT2D eigenvalue weighted by Crippen LogP contribution is 2.30. The second kappa shape index (κ2) is 16.5. The Hall–Kier alpha value is -2.61. The van der Waals surface area contributed by atoms with Crippen LogP contribution in [-0.4, -0.2) is 84.0 Å². The van der Waals surface area contributed by atoms with Gasteiger partial charge in [0.25, 0.3) is 5.91 Å². The monoisotopic (exact) mass is 542 g/mol. The Bertz CT molecular complexity index is 872. The summed E-state index contributed by atoms with van der Waals surface area (Å²) in [5.74, 6) is -0.0385. The highest BCUT2D eigenvalue weighted by Gasteiger charge is 2.34. The first-order valence-corrected chi connectivity index (χ1v) is 15.3. The molecule has 2 fully saturated rings. The van der Waals surface area contributed by atoms with Gasteiger partial charge in [-0.25, -0.2) is 4.79 Å². The molecule has 0 spiro atoms. The summed E-state index contributed by atoms with van der Waals surface area (Å²) in [5.41, 5.74) is 1.08. The van der Waals surface area contributed by atoms with Crippen LogP contribution < -0.4 is 5.32 Å². The molecule has 0 heterocycles. The third-order valence-corrected chi connectivity index (χ3v) is 8.29. The van der Waals surface area contributed by atoms with E-state index >= 15 is 0 Å². The number of benzene rings is 1. The van der Waals surface area contributed by atoms with Crippen molar-refractivity contribution < 1.29 is 19.1 Å². The first-order valence-electron chi connectivity index (χ1n) is 15.3. The molecule has 0 aliphatic heterocycles. The van der Waals surface area contributed by atoms with Crippen LogP contribution in [0.3, 0.4) is 0 Å². The molecule has 218 valence electrons. The standard InChI is InChI=1S/C31H50N4O4/c1-4-33(5-2)22-13-23-34(30(37)25-18-20-26(21-19-25)32-31(38)39-6-3)24-29(36)35(27-14-9-7-10-15-27)28-16-11-8-12-17-28/h18-21,27-28H,4-17,22-24H2,1-3H3,(H,32,38). The molecule has 0 atom stereocenters. The number of carbonyl (C=O) groups excluding carboxylic acids is 3. The molecule has 0 unspecified atom stereocenters. The fourth-order valence-corrected chi connectivity index (χ4v) is 6.11. The van der Waals surface area contributed by atoms with Crippen LogP contribution in [0.5, 0.6) is 0 Å². The molecular weight excluding hydrogens is 492 g/mol. The van der Waals surface area contributed by atoms with E-state index in [9.17, 15) is 14.4 Å². The molecule has 0 aromatic heterocycles. The highest BCUT2D eigenvalue weighted by atomic mass is 16.5. The average molecular weight is 543 g/mol. The zero-order chi connectivity index (χ0) is 28.0. The van der Waals surface area contributed by atoms with Crippen molar-refractivity contribution in [3.63, 3.8) is 0 Å². The quantitative estimate of drug-likeness (QED) is 0.334. The van der Waals surface area contributed by atoms with Crippen molar-refractivity contribution >= 4 is 23.6 Å². The van der Waals surface area contributed by atoms with Gasteiger partial charge >= 0.3 is 6.09 Å². The molecule has 2 aliphatic carbocycles. The average Bonchev–Trinajstić information content (AvgIpc) is 2.96. The molecule has 8 nitrogen and oxygen atoms in total. The summed E-state index contributed by atoms with van der Waals surface area (Å²) < 4.78 is 4.94. The molecule has 1 aromatic rings. The van der Waals surface area contributed by atoms with Crippen LogP contribution in [-0.2, 0) is 9.53 Å². The predicted molar refractivity (Wildman–Crippen MR) is 156 cm³/mol. The van der Waals surface area contributed by atoms with Gasteiger partial charge < -0.3 is 19.4 Å². The van der Waals surface area contributed by atoms with Gasteiger partial charge in [-0.3, -0.25) is 14.9 Å². The Kier molecular flexibility index (Phi) is 13.1. The van der Waals surface area contributed by atoms with Crippen molar-refractivity contribution in [1.82, 2.24) is 14.7 Å². The van der Waals surface area contributed by atoms with Crippen LogP contribution in [0.2, 0.25) is 0 Å². The lowest BCUT2D eigenvalue weighted by Gasteiger charge is -2.42. The second-order valence-corrected chi connectivity index (χ2v) is 10.9. The van der Waals surface area contributed by atoms with Gasteiger partial charge in [0.2, 0.25) is 5.91 Å². The third-order valence-electron chi connectivity index (χ3n) is 8.29. The van der Waals surface area contributed by atoms with Gasteiger partial charge in [-0.05, 0) is 82.9 Å². The maximum absolute atomic E-state index is 14.0. The van der Waals surface area contributed by atoms with E-state index < -0.39 is 6.09 Å². The maximum atomic E-state index is 14.0. The third kappa shape index (κ3) is 9.52. The maximum Gasteiger partial charge on any atom is 0.411 e. The van der Waals surface area contributed by atoms with Crippen LogP contribution in [0.1, 0.15) is 102 Å². The Morgan fingerprint density at radius 3 is 1.90 bits per heavy atom. The van der Waals surface area contributed by atoms with Crippen molar-refractivity contribution in [2.24, 2.45) is 0 Å². The van der Waals surface area contributed by atoms with Crippen LogP contribution in [0, 0.1) is 0 Å². The van der Waals surface area contributed by atoms with E-state index in [1.165, 1.54) is 38.5 Å². The van der Waals surface area contributed by atoms with Gasteiger partial charge in [-0.1, -0.05) is 52.4 Å². The van der Waals surface area contributed by atoms with Crippen molar-refractivity contribution in [2.45, 2.75) is 103 Å². The molecule has 3 rings (SSSR count). The summed E-state index contributed by atoms with van der Waals surface area (Å²) in [6, 6.07) is 7.44. The van der Waals surface area contributed by atoms with E-state index in [1.807, 2.05) is 0 Å². The molecule has 1 aromatic carbocycles. The molecule has 8 heteroatoms. The lowest BCUT2D eigenvalue weighted by atomic mass is 9.88. The minimum absolute atomic E-state index is 0.102. The minimum Gasteiger partial charge on any atom is -0.450 e. The predicted octanol–water partition coefficient (Wildman–Crippen LogP) is 5.92. The van der Waals surface area contributed by atoms with E-state index in [0.717, 1.165) is 51.7 Å². The Morgan fingerprint density at radius 1 is 0.821 bits per heavy atom. The SMILES string of the molecule is CCOC(=O)Nc1ccc(C(=O)N(CCCN(CC)CC)CC(=O)N(C2CCCCC2)C2CCCCC2)cc1. The van der Waals surface area contributed by atoms with Gasteiger partial charge in [0.1, 0.15) is 6.54 Å². The van der Waals surface area contributed by atoms with E-state index in [0.29, 0.717) is 29.9 Å². The van der Waals surface area contributed by atoms with Gasteiger partial charge in [0, 0.05) is 29.9 Å². The first kappa shape index (κ1) is 30.9. The fourth-order valence-electron chi connectivity index (χ4n) is 6.11. The number of hydrogen-bond donors (Lipinski definition) is 1. The van der Waals surface area contributed by atoms with Crippen LogP contribution >= 0.6 is 0 Å². The Morgan fingerprint density at radius 2 is 1.38 bits per heavy atom. The number of hydrogen-bond acceptors (Lipinski definition) is 5. The first-order chi connectivity index (χ1) is 19.0. The summed E-state index contributed by atoms with van der Waals surface area (Å²) in [6.07, 6.45) is 11.8. The molecule has 2 saturated carbocycles. The number of rotatable bonds is 13.